The van der Waals surface area contributed by atoms with E-state index in [4.69, 9.17) is 0 Å². The Morgan fingerprint density at radius 3 is 2.67 bits per heavy atom. The first-order chi connectivity index (χ1) is 3.00. The van der Waals surface area contributed by atoms with Crippen LogP contribution in [0.25, 0.3) is 0 Å². The van der Waals surface area contributed by atoms with Gasteiger partial charge in [0.15, 0.2) is 0 Å². The van der Waals surface area contributed by atoms with Crippen molar-refractivity contribution >= 4 is 0 Å². The van der Waals surface area contributed by atoms with Gasteiger partial charge in [-0.15, -0.1) is 0 Å². The first-order valence-electron chi connectivity index (χ1n) is 1.93. The van der Waals surface area contributed by atoms with Gasteiger partial charge in [-0.2, -0.15) is 4.89 Å². The van der Waals surface area contributed by atoms with Crippen molar-refractivity contribution in [2.24, 2.45) is 0 Å². The smallest absolute Gasteiger partial charge is 0.125 e. The SMILES string of the molecule is C1=COOCC1. The topological polar surface area (TPSA) is 18.5 Å². The molecule has 0 amide bonds. The maximum Gasteiger partial charge on any atom is 0.125 e. The zero-order chi connectivity index (χ0) is 4.24. The van der Waals surface area contributed by atoms with E-state index < -0.39 is 0 Å². The lowest BCUT2D eigenvalue weighted by molar-refractivity contribution is -0.254. The van der Waals surface area contributed by atoms with Crippen LogP contribution in [-0.2, 0) is 9.78 Å². The van der Waals surface area contributed by atoms with Gasteiger partial charge in [0, 0.05) is 0 Å². The second kappa shape index (κ2) is 1.82. The summed E-state index contributed by atoms with van der Waals surface area (Å²) in [5.74, 6) is 0. The molecule has 0 aliphatic carbocycles. The predicted molar refractivity (Wildman–Crippen MR) is 20.8 cm³/mol. The summed E-state index contributed by atoms with van der Waals surface area (Å²) < 4.78 is 0. The molecular formula is C4H6O2. The van der Waals surface area contributed by atoms with Crippen molar-refractivity contribution in [1.82, 2.24) is 0 Å². The average Bonchev–Trinajstić information content (AvgIpc) is 1.72. The van der Waals surface area contributed by atoms with Crippen LogP contribution in [0.3, 0.4) is 0 Å². The van der Waals surface area contributed by atoms with Gasteiger partial charge in [0.1, 0.15) is 6.26 Å². The highest BCUT2D eigenvalue weighted by Gasteiger charge is 1.87. The molecule has 0 saturated heterocycles. The monoisotopic (exact) mass is 86.0 g/mol. The van der Waals surface area contributed by atoms with Gasteiger partial charge in [0.25, 0.3) is 0 Å². The second-order valence-corrected chi connectivity index (χ2v) is 1.08. The van der Waals surface area contributed by atoms with Crippen LogP contribution in [0.15, 0.2) is 12.3 Å². The minimum atomic E-state index is 0.691. The maximum atomic E-state index is 4.48. The molecular weight excluding hydrogens is 80.0 g/mol. The minimum absolute atomic E-state index is 0.691. The molecule has 0 unspecified atom stereocenters. The summed E-state index contributed by atoms with van der Waals surface area (Å²) in [5, 5.41) is 0. The van der Waals surface area contributed by atoms with Crippen LogP contribution in [0.4, 0.5) is 0 Å². The fourth-order valence-electron chi connectivity index (χ4n) is 0.311. The van der Waals surface area contributed by atoms with Gasteiger partial charge in [-0.3, -0.25) is 0 Å². The van der Waals surface area contributed by atoms with Crippen molar-refractivity contribution in [1.29, 1.82) is 0 Å². The van der Waals surface area contributed by atoms with Crippen molar-refractivity contribution in [2.45, 2.75) is 6.42 Å². The highest BCUT2D eigenvalue weighted by atomic mass is 17.2. The summed E-state index contributed by atoms with van der Waals surface area (Å²) >= 11 is 0. The van der Waals surface area contributed by atoms with Gasteiger partial charge < -0.3 is 4.89 Å². The Hall–Kier alpha value is -0.500. The van der Waals surface area contributed by atoms with Crippen LogP contribution in [0.5, 0.6) is 0 Å². The minimum Gasteiger partial charge on any atom is -0.346 e. The first kappa shape index (κ1) is 3.68. The van der Waals surface area contributed by atoms with Gasteiger partial charge in [-0.25, -0.2) is 0 Å². The van der Waals surface area contributed by atoms with Crippen LogP contribution in [0.2, 0.25) is 0 Å². The Labute approximate surface area is 36.3 Å². The third kappa shape index (κ3) is 0.723. The third-order valence-corrected chi connectivity index (χ3v) is 0.588. The summed E-state index contributed by atoms with van der Waals surface area (Å²) in [4.78, 5) is 8.87. The molecule has 1 rings (SSSR count). The standard InChI is InChI=1S/C4H6O2/c1-2-4-6-5-3-1/h1,3H,2,4H2. The Kier molecular flexibility index (Phi) is 1.12. The third-order valence-electron chi connectivity index (χ3n) is 0.588. The zero-order valence-corrected chi connectivity index (χ0v) is 3.39. The van der Waals surface area contributed by atoms with E-state index in [0.717, 1.165) is 6.42 Å². The van der Waals surface area contributed by atoms with Crippen molar-refractivity contribution in [2.75, 3.05) is 6.61 Å². The van der Waals surface area contributed by atoms with E-state index >= 15 is 0 Å². The van der Waals surface area contributed by atoms with E-state index in [2.05, 4.69) is 9.78 Å². The highest BCUT2D eigenvalue weighted by molar-refractivity contribution is 4.73. The summed E-state index contributed by atoms with van der Waals surface area (Å²) in [7, 11) is 0. The fraction of sp³-hybridized carbons (Fsp3) is 0.500. The number of hydrogen-bond donors (Lipinski definition) is 0. The van der Waals surface area contributed by atoms with Crippen LogP contribution in [0.1, 0.15) is 6.42 Å². The lowest BCUT2D eigenvalue weighted by atomic mass is 10.4. The summed E-state index contributed by atoms with van der Waals surface area (Å²) in [6.07, 6.45) is 4.44. The Morgan fingerprint density at radius 2 is 2.50 bits per heavy atom. The molecule has 0 N–H and O–H groups in total. The molecule has 34 valence electrons. The largest absolute Gasteiger partial charge is 0.346 e. The number of hydrogen-bond acceptors (Lipinski definition) is 2. The molecule has 0 atom stereocenters. The van der Waals surface area contributed by atoms with Crippen LogP contribution >= 0.6 is 0 Å². The molecule has 0 aromatic heterocycles. The normalized spacial score (nSPS) is 20.0. The first-order valence-corrected chi connectivity index (χ1v) is 1.93. The van der Waals surface area contributed by atoms with E-state index in [1.807, 2.05) is 6.08 Å². The van der Waals surface area contributed by atoms with Gasteiger partial charge in [0.2, 0.25) is 0 Å². The molecule has 0 aromatic rings. The van der Waals surface area contributed by atoms with E-state index in [9.17, 15) is 0 Å². The summed E-state index contributed by atoms with van der Waals surface area (Å²) in [5.41, 5.74) is 0. The van der Waals surface area contributed by atoms with Crippen molar-refractivity contribution in [3.05, 3.63) is 12.3 Å². The maximum absolute atomic E-state index is 4.48. The molecule has 0 spiro atoms. The molecule has 0 aromatic carbocycles. The molecule has 0 radical (unpaired) electrons. The van der Waals surface area contributed by atoms with Crippen molar-refractivity contribution in [3.8, 4) is 0 Å². The predicted octanol–water partition coefficient (Wildman–Crippen LogP) is 0.852. The van der Waals surface area contributed by atoms with Crippen LogP contribution in [0, 0.1) is 0 Å². The quantitative estimate of drug-likeness (QED) is 0.407. The van der Waals surface area contributed by atoms with Crippen molar-refractivity contribution in [3.63, 3.8) is 0 Å². The van der Waals surface area contributed by atoms with E-state index in [1.165, 1.54) is 0 Å². The van der Waals surface area contributed by atoms with Crippen LogP contribution in [-0.4, -0.2) is 6.61 Å². The van der Waals surface area contributed by atoms with Gasteiger partial charge in [-0.1, -0.05) is 0 Å². The Morgan fingerprint density at radius 1 is 1.50 bits per heavy atom. The van der Waals surface area contributed by atoms with Gasteiger partial charge in [-0.05, 0) is 12.5 Å². The van der Waals surface area contributed by atoms with E-state index in [0.29, 0.717) is 6.61 Å². The van der Waals surface area contributed by atoms with Gasteiger partial charge >= 0.3 is 0 Å². The average molecular weight is 86.1 g/mol. The van der Waals surface area contributed by atoms with Crippen molar-refractivity contribution < 1.29 is 9.78 Å². The molecule has 0 saturated carbocycles. The number of rotatable bonds is 0. The zero-order valence-electron chi connectivity index (χ0n) is 3.39. The van der Waals surface area contributed by atoms with E-state index in [-0.39, 0.29) is 0 Å². The Balaban J connectivity index is 2.26. The lowest BCUT2D eigenvalue weighted by Gasteiger charge is -2.01. The molecule has 1 aliphatic heterocycles. The second-order valence-electron chi connectivity index (χ2n) is 1.08. The summed E-state index contributed by atoms with van der Waals surface area (Å²) in [6.45, 7) is 0.691. The molecule has 2 nitrogen and oxygen atoms in total. The highest BCUT2D eigenvalue weighted by Crippen LogP contribution is 1.93. The molecule has 0 bridgehead atoms. The van der Waals surface area contributed by atoms with E-state index in [1.54, 1.807) is 6.26 Å². The molecule has 6 heavy (non-hydrogen) atoms. The Bertz CT molecular complexity index is 50.6. The van der Waals surface area contributed by atoms with Gasteiger partial charge in [0.05, 0.1) is 6.61 Å². The molecule has 2 heteroatoms. The molecule has 1 aliphatic rings. The van der Waals surface area contributed by atoms with Crippen LogP contribution < -0.4 is 0 Å². The lowest BCUT2D eigenvalue weighted by Crippen LogP contribution is -1.94. The molecule has 0 fully saturated rings. The fourth-order valence-corrected chi connectivity index (χ4v) is 0.311. The summed E-state index contributed by atoms with van der Waals surface area (Å²) in [6, 6.07) is 0. The molecule has 1 heterocycles.